The molecule has 3 N–H and O–H groups in total. The van der Waals surface area contributed by atoms with Crippen LogP contribution >= 0.6 is 34.8 Å². The van der Waals surface area contributed by atoms with Crippen LogP contribution < -0.4 is 16.0 Å². The Kier molecular flexibility index (Phi) is 6.73. The second kappa shape index (κ2) is 9.01. The molecule has 0 spiro atoms. The van der Waals surface area contributed by atoms with Crippen LogP contribution in [-0.2, 0) is 9.59 Å². The normalized spacial score (nSPS) is 16.1. The zero-order valence-corrected chi connectivity index (χ0v) is 18.1. The molecule has 0 unspecified atom stereocenters. The number of hydrogen-bond acceptors (Lipinski definition) is 3. The van der Waals surface area contributed by atoms with Crippen molar-refractivity contribution in [3.8, 4) is 0 Å². The summed E-state index contributed by atoms with van der Waals surface area (Å²) >= 11 is 17.8. The monoisotopic (exact) mass is 505 g/mol. The van der Waals surface area contributed by atoms with Gasteiger partial charge in [0.1, 0.15) is 15.8 Å². The molecule has 1 fully saturated rings. The van der Waals surface area contributed by atoms with Crippen molar-refractivity contribution in [2.24, 2.45) is 5.92 Å². The summed E-state index contributed by atoms with van der Waals surface area (Å²) in [5, 5.41) is 6.38. The Morgan fingerprint density at radius 3 is 2.31 bits per heavy atom. The van der Waals surface area contributed by atoms with E-state index in [0.29, 0.717) is 0 Å². The zero-order valence-electron chi connectivity index (χ0n) is 15.9. The van der Waals surface area contributed by atoms with Crippen LogP contribution in [0.25, 0.3) is 0 Å². The van der Waals surface area contributed by atoms with Gasteiger partial charge < -0.3 is 16.0 Å². The fraction of sp³-hybridized carbons (Fsp3) is 0.150. The number of anilines is 3. The van der Waals surface area contributed by atoms with Gasteiger partial charge in [-0.3, -0.25) is 14.4 Å². The summed E-state index contributed by atoms with van der Waals surface area (Å²) < 4.78 is 40.2. The van der Waals surface area contributed by atoms with Gasteiger partial charge in [-0.05, 0) is 36.8 Å². The molecular weight excluding hydrogens is 494 g/mol. The third kappa shape index (κ3) is 5.17. The molecule has 168 valence electrons. The van der Waals surface area contributed by atoms with Gasteiger partial charge in [0.05, 0.1) is 22.2 Å². The number of amides is 3. The van der Waals surface area contributed by atoms with Crippen LogP contribution in [0.1, 0.15) is 16.8 Å². The van der Waals surface area contributed by atoms with Gasteiger partial charge in [-0.2, -0.15) is 0 Å². The quantitative estimate of drug-likeness (QED) is 0.361. The third-order valence-electron chi connectivity index (χ3n) is 4.45. The Bertz CT molecular complexity index is 1160. The minimum atomic E-state index is -1.46. The van der Waals surface area contributed by atoms with Gasteiger partial charge in [0.25, 0.3) is 11.8 Å². The lowest BCUT2D eigenvalue weighted by molar-refractivity contribution is -0.117. The molecule has 12 heteroatoms. The molecule has 6 nitrogen and oxygen atoms in total. The Hall–Kier alpha value is -2.75. The van der Waals surface area contributed by atoms with E-state index < -0.39 is 56.8 Å². The first-order chi connectivity index (χ1) is 14.9. The van der Waals surface area contributed by atoms with Crippen molar-refractivity contribution in [1.82, 2.24) is 0 Å². The van der Waals surface area contributed by atoms with Gasteiger partial charge in [0.15, 0.2) is 11.6 Å². The minimum absolute atomic E-state index is 0.0271. The summed E-state index contributed by atoms with van der Waals surface area (Å²) in [5.74, 6) is -7.44. The number of halogens is 6. The van der Waals surface area contributed by atoms with Crippen LogP contribution in [0.15, 0.2) is 42.7 Å². The molecule has 2 aromatic carbocycles. The van der Waals surface area contributed by atoms with Crippen molar-refractivity contribution in [1.29, 1.82) is 0 Å². The van der Waals surface area contributed by atoms with Crippen molar-refractivity contribution >= 4 is 69.6 Å². The lowest BCUT2D eigenvalue weighted by atomic mass is 10.1. The lowest BCUT2D eigenvalue weighted by Gasteiger charge is -2.13. The molecule has 0 aliphatic heterocycles. The largest absolute Gasteiger partial charge is 0.326 e. The molecule has 3 amide bonds. The first-order valence-electron chi connectivity index (χ1n) is 8.84. The number of hydrogen-bond donors (Lipinski definition) is 3. The van der Waals surface area contributed by atoms with Gasteiger partial charge in [0, 0.05) is 5.69 Å². The summed E-state index contributed by atoms with van der Waals surface area (Å²) in [6.07, 6.45) is 0.279. The van der Waals surface area contributed by atoms with E-state index >= 15 is 0 Å². The molecule has 32 heavy (non-hydrogen) atoms. The molecule has 0 heterocycles. The summed E-state index contributed by atoms with van der Waals surface area (Å²) in [6, 6.07) is 5.65. The molecule has 0 aromatic heterocycles. The molecule has 1 atom stereocenters. The van der Waals surface area contributed by atoms with Crippen molar-refractivity contribution < 1.29 is 27.6 Å². The number of carbonyl (C=O) groups is 3. The Morgan fingerprint density at radius 2 is 1.72 bits per heavy atom. The maximum atomic E-state index is 14.6. The fourth-order valence-electron chi connectivity index (χ4n) is 2.64. The Balaban J connectivity index is 1.80. The molecule has 3 rings (SSSR count). The number of carbonyl (C=O) groups excluding carboxylic acids is 3. The highest BCUT2D eigenvalue weighted by Gasteiger charge is 2.56. The van der Waals surface area contributed by atoms with Crippen LogP contribution in [0.2, 0.25) is 5.02 Å². The molecule has 1 aliphatic rings. The predicted molar refractivity (Wildman–Crippen MR) is 116 cm³/mol. The van der Waals surface area contributed by atoms with Crippen LogP contribution in [-0.4, -0.2) is 22.1 Å². The summed E-state index contributed by atoms with van der Waals surface area (Å²) in [7, 11) is 0. The first kappa shape index (κ1) is 23.9. The van der Waals surface area contributed by atoms with Crippen LogP contribution in [0.3, 0.4) is 0 Å². The highest BCUT2D eigenvalue weighted by Crippen LogP contribution is 2.53. The molecule has 0 saturated heterocycles. The van der Waals surface area contributed by atoms with E-state index in [1.165, 1.54) is 18.2 Å². The topological polar surface area (TPSA) is 87.3 Å². The van der Waals surface area contributed by atoms with E-state index in [4.69, 9.17) is 34.8 Å². The molecule has 2 aromatic rings. The Morgan fingerprint density at radius 1 is 1.06 bits per heavy atom. The number of rotatable bonds is 6. The SMILES string of the molecule is C=C(F)C(=O)Nc1c(F)ccc(NC(=O)c2cc(NC(=O)[C@H]3CC3(Cl)Cl)ccc2Cl)c1F. The van der Waals surface area contributed by atoms with Gasteiger partial charge in [-0.1, -0.05) is 18.2 Å². The van der Waals surface area contributed by atoms with Gasteiger partial charge >= 0.3 is 0 Å². The van der Waals surface area contributed by atoms with Crippen molar-refractivity contribution in [2.75, 3.05) is 16.0 Å². The average Bonchev–Trinajstić information content (AvgIpc) is 3.36. The van der Waals surface area contributed by atoms with E-state index in [1.807, 2.05) is 0 Å². The minimum Gasteiger partial charge on any atom is -0.326 e. The summed E-state index contributed by atoms with van der Waals surface area (Å²) in [5.41, 5.74) is -1.44. The summed E-state index contributed by atoms with van der Waals surface area (Å²) in [4.78, 5) is 36.1. The van der Waals surface area contributed by atoms with Gasteiger partial charge in [0.2, 0.25) is 5.91 Å². The van der Waals surface area contributed by atoms with E-state index in [2.05, 4.69) is 17.2 Å². The standard InChI is InChI=1S/C20H13Cl3F3N3O3/c1-8(24)17(30)29-16-13(25)4-5-14(15(16)26)28-18(31)10-6-9(2-3-12(10)21)27-19(32)11-7-20(11,22)23/h2-6,11H,1,7H2,(H,27,32)(H,28,31)(H,29,30)/t11-/m1/s1. The van der Waals surface area contributed by atoms with Crippen LogP contribution in [0, 0.1) is 17.6 Å². The van der Waals surface area contributed by atoms with E-state index in [-0.39, 0.29) is 22.7 Å². The fourth-order valence-corrected chi connectivity index (χ4v) is 3.35. The average molecular weight is 507 g/mol. The number of nitrogens with one attached hydrogen (secondary N) is 3. The molecule has 0 bridgehead atoms. The second-order valence-corrected chi connectivity index (χ2v) is 8.75. The number of alkyl halides is 2. The molecule has 0 radical (unpaired) electrons. The molecule has 1 aliphatic carbocycles. The van der Waals surface area contributed by atoms with Crippen molar-refractivity contribution in [3.05, 3.63) is 65.0 Å². The van der Waals surface area contributed by atoms with Crippen molar-refractivity contribution in [3.63, 3.8) is 0 Å². The Labute approximate surface area is 194 Å². The van der Waals surface area contributed by atoms with Gasteiger partial charge in [-0.15, -0.1) is 23.2 Å². The molecular formula is C20H13Cl3F3N3O3. The van der Waals surface area contributed by atoms with Gasteiger partial charge in [-0.25, -0.2) is 13.2 Å². The maximum Gasteiger partial charge on any atom is 0.283 e. The highest BCUT2D eigenvalue weighted by molar-refractivity contribution is 6.52. The van der Waals surface area contributed by atoms with E-state index in [1.54, 1.807) is 5.32 Å². The predicted octanol–water partition coefficient (Wildman–Crippen LogP) is 5.42. The van der Waals surface area contributed by atoms with E-state index in [9.17, 15) is 27.6 Å². The lowest BCUT2D eigenvalue weighted by Crippen LogP contribution is -2.19. The van der Waals surface area contributed by atoms with Crippen LogP contribution in [0.4, 0.5) is 30.2 Å². The third-order valence-corrected chi connectivity index (χ3v) is 5.61. The first-order valence-corrected chi connectivity index (χ1v) is 9.97. The number of benzene rings is 2. The molecule has 1 saturated carbocycles. The zero-order chi connectivity index (χ0) is 23.8. The summed E-state index contributed by atoms with van der Waals surface area (Å²) in [6.45, 7) is 2.73. The smallest absolute Gasteiger partial charge is 0.283 e. The highest BCUT2D eigenvalue weighted by atomic mass is 35.5. The van der Waals surface area contributed by atoms with Crippen LogP contribution in [0.5, 0.6) is 0 Å². The maximum absolute atomic E-state index is 14.6. The van der Waals surface area contributed by atoms with E-state index in [0.717, 1.165) is 12.1 Å². The second-order valence-electron chi connectivity index (χ2n) is 6.80. The van der Waals surface area contributed by atoms with Crippen molar-refractivity contribution in [2.45, 2.75) is 10.8 Å².